The SMILES string of the molecule is Cc1ccc(N(CC(=O)NN=Cc2c(F)cccc2Cl)S(C)(=O)=O)cc1C. The molecule has 0 bridgehead atoms. The Hall–Kier alpha value is -2.45. The summed E-state index contributed by atoms with van der Waals surface area (Å²) in [5.41, 5.74) is 4.48. The molecule has 27 heavy (non-hydrogen) atoms. The van der Waals surface area contributed by atoms with Gasteiger partial charge in [0.15, 0.2) is 0 Å². The van der Waals surface area contributed by atoms with Gasteiger partial charge in [-0.25, -0.2) is 18.2 Å². The van der Waals surface area contributed by atoms with Crippen LogP contribution in [0.4, 0.5) is 10.1 Å². The van der Waals surface area contributed by atoms with Crippen molar-refractivity contribution in [3.05, 3.63) is 63.9 Å². The van der Waals surface area contributed by atoms with Gasteiger partial charge in [-0.2, -0.15) is 5.10 Å². The number of aryl methyl sites for hydroxylation is 2. The van der Waals surface area contributed by atoms with Crippen LogP contribution in [0.2, 0.25) is 5.02 Å². The van der Waals surface area contributed by atoms with Crippen molar-refractivity contribution in [3.8, 4) is 0 Å². The minimum atomic E-state index is -3.69. The molecule has 2 aromatic rings. The van der Waals surface area contributed by atoms with Crippen LogP contribution >= 0.6 is 11.6 Å². The Bertz CT molecular complexity index is 973. The normalized spacial score (nSPS) is 11.6. The summed E-state index contributed by atoms with van der Waals surface area (Å²) in [5, 5.41) is 3.79. The minimum Gasteiger partial charge on any atom is -0.271 e. The Morgan fingerprint density at radius 1 is 1.26 bits per heavy atom. The van der Waals surface area contributed by atoms with Gasteiger partial charge in [-0.15, -0.1) is 0 Å². The first-order valence-electron chi connectivity index (χ1n) is 7.90. The summed E-state index contributed by atoms with van der Waals surface area (Å²) in [6, 6.07) is 9.23. The molecule has 0 radical (unpaired) electrons. The van der Waals surface area contributed by atoms with Crippen LogP contribution < -0.4 is 9.73 Å². The van der Waals surface area contributed by atoms with Gasteiger partial charge >= 0.3 is 0 Å². The Morgan fingerprint density at radius 2 is 1.96 bits per heavy atom. The summed E-state index contributed by atoms with van der Waals surface area (Å²) in [5.74, 6) is -1.27. The van der Waals surface area contributed by atoms with E-state index < -0.39 is 28.3 Å². The van der Waals surface area contributed by atoms with Gasteiger partial charge in [0.25, 0.3) is 5.91 Å². The smallest absolute Gasteiger partial charge is 0.260 e. The van der Waals surface area contributed by atoms with Crippen molar-refractivity contribution in [1.82, 2.24) is 5.43 Å². The molecule has 0 fully saturated rings. The predicted octanol–water partition coefficient (Wildman–Crippen LogP) is 3.01. The predicted molar refractivity (Wildman–Crippen MR) is 105 cm³/mol. The molecule has 0 aliphatic carbocycles. The molecule has 9 heteroatoms. The van der Waals surface area contributed by atoms with Gasteiger partial charge in [0.05, 0.1) is 23.2 Å². The number of carbonyl (C=O) groups is 1. The highest BCUT2D eigenvalue weighted by Gasteiger charge is 2.21. The van der Waals surface area contributed by atoms with Crippen LogP contribution in [-0.4, -0.2) is 33.3 Å². The van der Waals surface area contributed by atoms with E-state index in [9.17, 15) is 17.6 Å². The lowest BCUT2D eigenvalue weighted by molar-refractivity contribution is -0.119. The summed E-state index contributed by atoms with van der Waals surface area (Å²) in [4.78, 5) is 12.1. The number of halogens is 2. The minimum absolute atomic E-state index is 0.0218. The Balaban J connectivity index is 2.15. The fraction of sp³-hybridized carbons (Fsp3) is 0.222. The van der Waals surface area contributed by atoms with Gasteiger partial charge in [-0.1, -0.05) is 23.7 Å². The molecule has 1 N–H and O–H groups in total. The van der Waals surface area contributed by atoms with E-state index in [0.29, 0.717) is 5.69 Å². The maximum absolute atomic E-state index is 13.7. The van der Waals surface area contributed by atoms with Crippen LogP contribution in [0.15, 0.2) is 41.5 Å². The highest BCUT2D eigenvalue weighted by molar-refractivity contribution is 7.92. The van der Waals surface area contributed by atoms with Gasteiger partial charge < -0.3 is 0 Å². The number of anilines is 1. The molecule has 0 spiro atoms. The number of sulfonamides is 1. The molecule has 0 saturated heterocycles. The van der Waals surface area contributed by atoms with E-state index in [2.05, 4.69) is 10.5 Å². The second kappa shape index (κ2) is 8.49. The summed E-state index contributed by atoms with van der Waals surface area (Å²) < 4.78 is 38.8. The molecule has 0 aromatic heterocycles. The number of nitrogens with zero attached hydrogens (tertiary/aromatic N) is 2. The van der Waals surface area contributed by atoms with Gasteiger partial charge in [0.1, 0.15) is 12.4 Å². The van der Waals surface area contributed by atoms with Gasteiger partial charge in [-0.05, 0) is 49.2 Å². The highest BCUT2D eigenvalue weighted by Crippen LogP contribution is 2.21. The quantitative estimate of drug-likeness (QED) is 0.586. The third kappa shape index (κ3) is 5.51. The number of hydrogen-bond donors (Lipinski definition) is 1. The lowest BCUT2D eigenvalue weighted by Crippen LogP contribution is -2.39. The number of rotatable bonds is 6. The fourth-order valence-corrected chi connectivity index (χ4v) is 3.31. The van der Waals surface area contributed by atoms with Gasteiger partial charge in [0.2, 0.25) is 10.0 Å². The fourth-order valence-electron chi connectivity index (χ4n) is 2.25. The van der Waals surface area contributed by atoms with E-state index in [-0.39, 0.29) is 10.6 Å². The molecule has 0 unspecified atom stereocenters. The summed E-state index contributed by atoms with van der Waals surface area (Å²) in [7, 11) is -3.69. The van der Waals surface area contributed by atoms with Crippen LogP contribution in [0.1, 0.15) is 16.7 Å². The van der Waals surface area contributed by atoms with Crippen LogP contribution in [0.3, 0.4) is 0 Å². The number of nitrogens with one attached hydrogen (secondary N) is 1. The molecule has 0 atom stereocenters. The maximum atomic E-state index is 13.7. The van der Waals surface area contributed by atoms with Gasteiger partial charge in [-0.3, -0.25) is 9.10 Å². The van der Waals surface area contributed by atoms with Gasteiger partial charge in [0, 0.05) is 5.56 Å². The first kappa shape index (κ1) is 20.9. The van der Waals surface area contributed by atoms with E-state index in [1.807, 2.05) is 13.8 Å². The molecular weight excluding hydrogens is 393 g/mol. The largest absolute Gasteiger partial charge is 0.271 e. The van der Waals surface area contributed by atoms with Crippen molar-refractivity contribution in [1.29, 1.82) is 0 Å². The van der Waals surface area contributed by atoms with E-state index in [1.54, 1.807) is 18.2 Å². The van der Waals surface area contributed by atoms with Crippen molar-refractivity contribution in [3.63, 3.8) is 0 Å². The molecule has 0 heterocycles. The number of hydrogen-bond acceptors (Lipinski definition) is 4. The number of carbonyl (C=O) groups excluding carboxylic acids is 1. The lowest BCUT2D eigenvalue weighted by atomic mass is 10.1. The summed E-state index contributed by atoms with van der Waals surface area (Å²) in [6.45, 7) is 3.28. The second-order valence-electron chi connectivity index (χ2n) is 5.97. The topological polar surface area (TPSA) is 78.8 Å². The number of hydrazone groups is 1. The molecule has 0 aliphatic rings. The zero-order valence-electron chi connectivity index (χ0n) is 15.0. The van der Waals surface area contributed by atoms with Crippen LogP contribution in [0.5, 0.6) is 0 Å². The molecule has 2 aromatic carbocycles. The molecule has 0 saturated carbocycles. The lowest BCUT2D eigenvalue weighted by Gasteiger charge is -2.22. The number of benzene rings is 2. The third-order valence-corrected chi connectivity index (χ3v) is 5.32. The zero-order valence-corrected chi connectivity index (χ0v) is 16.6. The summed E-state index contributed by atoms with van der Waals surface area (Å²) in [6.07, 6.45) is 2.08. The Labute approximate surface area is 162 Å². The van der Waals surface area contributed by atoms with Crippen molar-refractivity contribution >= 4 is 39.4 Å². The molecule has 0 aliphatic heterocycles. The molecule has 144 valence electrons. The Morgan fingerprint density at radius 3 is 2.56 bits per heavy atom. The van der Waals surface area contributed by atoms with E-state index in [1.165, 1.54) is 18.2 Å². The van der Waals surface area contributed by atoms with Crippen molar-refractivity contribution in [2.75, 3.05) is 17.1 Å². The van der Waals surface area contributed by atoms with Crippen molar-refractivity contribution in [2.24, 2.45) is 5.10 Å². The average molecular weight is 412 g/mol. The van der Waals surface area contributed by atoms with E-state index in [0.717, 1.165) is 27.9 Å². The van der Waals surface area contributed by atoms with Crippen molar-refractivity contribution in [2.45, 2.75) is 13.8 Å². The summed E-state index contributed by atoms with van der Waals surface area (Å²) >= 11 is 5.87. The van der Waals surface area contributed by atoms with E-state index in [4.69, 9.17) is 11.6 Å². The zero-order chi connectivity index (χ0) is 20.2. The monoisotopic (exact) mass is 411 g/mol. The first-order chi connectivity index (χ1) is 12.6. The van der Waals surface area contributed by atoms with Crippen LogP contribution in [0, 0.1) is 19.7 Å². The van der Waals surface area contributed by atoms with Crippen molar-refractivity contribution < 1.29 is 17.6 Å². The number of amides is 1. The standard InChI is InChI=1S/C18H19ClFN3O3S/c1-12-7-8-14(9-13(12)2)23(27(3,25)26)11-18(24)22-21-10-15-16(19)5-4-6-17(15)20/h4-10H,11H2,1-3H3,(H,22,24). The molecule has 6 nitrogen and oxygen atoms in total. The highest BCUT2D eigenvalue weighted by atomic mass is 35.5. The molecule has 2 rings (SSSR count). The maximum Gasteiger partial charge on any atom is 0.260 e. The Kier molecular flexibility index (Phi) is 6.56. The van der Waals surface area contributed by atoms with Crippen LogP contribution in [-0.2, 0) is 14.8 Å². The first-order valence-corrected chi connectivity index (χ1v) is 10.1. The van der Waals surface area contributed by atoms with E-state index >= 15 is 0 Å². The average Bonchev–Trinajstić information content (AvgIpc) is 2.57. The molecule has 1 amide bonds. The molecular formula is C18H19ClFN3O3S. The second-order valence-corrected chi connectivity index (χ2v) is 8.28. The van der Waals surface area contributed by atoms with Crippen LogP contribution in [0.25, 0.3) is 0 Å². The third-order valence-electron chi connectivity index (χ3n) is 3.85.